The zero-order valence-corrected chi connectivity index (χ0v) is 16.6. The molecular weight excluding hydrogens is 366 g/mol. The van der Waals surface area contributed by atoms with Crippen molar-refractivity contribution in [1.82, 2.24) is 0 Å². The Kier molecular flexibility index (Phi) is 4.61. The van der Waals surface area contributed by atoms with Crippen LogP contribution in [0.15, 0.2) is 52.9 Å². The highest BCUT2D eigenvalue weighted by atomic mass is 19.1. The Morgan fingerprint density at radius 2 is 1.48 bits per heavy atom. The summed E-state index contributed by atoms with van der Waals surface area (Å²) in [5.74, 6) is -0.506. The molecule has 1 aromatic heterocycles. The van der Waals surface area contributed by atoms with E-state index in [4.69, 9.17) is 4.42 Å². The predicted molar refractivity (Wildman–Crippen MR) is 114 cm³/mol. The van der Waals surface area contributed by atoms with Gasteiger partial charge in [0.25, 0.3) is 0 Å². The van der Waals surface area contributed by atoms with Gasteiger partial charge in [-0.25, -0.2) is 8.78 Å². The second-order valence-corrected chi connectivity index (χ2v) is 8.18. The average molecular weight is 390 g/mol. The number of rotatable bonds is 4. The second kappa shape index (κ2) is 7.29. The average Bonchev–Trinajstić information content (AvgIpc) is 3.39. The minimum atomic E-state index is -0.427. The maximum absolute atomic E-state index is 15.4. The van der Waals surface area contributed by atoms with Crippen LogP contribution >= 0.6 is 0 Å². The lowest BCUT2D eigenvalue weighted by Gasteiger charge is -2.10. The third kappa shape index (κ3) is 3.04. The Balaban J connectivity index is 1.63. The Morgan fingerprint density at radius 1 is 0.828 bits per heavy atom. The van der Waals surface area contributed by atoms with Gasteiger partial charge in [-0.05, 0) is 54.0 Å². The second-order valence-electron chi connectivity index (χ2n) is 8.18. The van der Waals surface area contributed by atoms with E-state index < -0.39 is 5.82 Å². The quantitative estimate of drug-likeness (QED) is 0.343. The molecule has 1 heterocycles. The highest BCUT2D eigenvalue weighted by molar-refractivity contribution is 6.06. The van der Waals surface area contributed by atoms with Gasteiger partial charge in [-0.3, -0.25) is 0 Å². The van der Waals surface area contributed by atoms with Gasteiger partial charge in [-0.1, -0.05) is 62.6 Å². The molecule has 148 valence electrons. The summed E-state index contributed by atoms with van der Waals surface area (Å²) in [7, 11) is 0. The van der Waals surface area contributed by atoms with Gasteiger partial charge in [0.05, 0.1) is 0 Å². The van der Waals surface area contributed by atoms with E-state index in [0.717, 1.165) is 44.1 Å². The maximum atomic E-state index is 15.4. The summed E-state index contributed by atoms with van der Waals surface area (Å²) >= 11 is 0. The van der Waals surface area contributed by atoms with Gasteiger partial charge in [-0.2, -0.15) is 0 Å². The summed E-state index contributed by atoms with van der Waals surface area (Å²) < 4.78 is 36.4. The van der Waals surface area contributed by atoms with E-state index in [1.54, 1.807) is 6.07 Å². The van der Waals surface area contributed by atoms with Crippen molar-refractivity contribution in [2.24, 2.45) is 0 Å². The van der Waals surface area contributed by atoms with E-state index in [-0.39, 0.29) is 22.9 Å². The van der Waals surface area contributed by atoms with Crippen LogP contribution in [0.25, 0.3) is 33.1 Å². The van der Waals surface area contributed by atoms with Gasteiger partial charge in [0.1, 0.15) is 0 Å². The third-order valence-corrected chi connectivity index (χ3v) is 6.32. The highest BCUT2D eigenvalue weighted by Gasteiger charge is 2.24. The smallest absolute Gasteiger partial charge is 0.174 e. The molecule has 1 fully saturated rings. The summed E-state index contributed by atoms with van der Waals surface area (Å²) in [4.78, 5) is 0. The van der Waals surface area contributed by atoms with Crippen molar-refractivity contribution in [3.63, 3.8) is 0 Å². The number of fused-ring (bicyclic) bond motifs is 3. The van der Waals surface area contributed by atoms with Crippen LogP contribution in [0.5, 0.6) is 0 Å². The zero-order valence-electron chi connectivity index (χ0n) is 16.6. The first kappa shape index (κ1) is 18.4. The summed E-state index contributed by atoms with van der Waals surface area (Å²) in [6, 6.07) is 15.3. The van der Waals surface area contributed by atoms with Crippen molar-refractivity contribution in [2.75, 3.05) is 0 Å². The fourth-order valence-electron chi connectivity index (χ4n) is 4.77. The van der Waals surface area contributed by atoms with E-state index >= 15 is 8.78 Å². The molecule has 1 aliphatic rings. The normalized spacial score (nSPS) is 15.0. The minimum absolute atomic E-state index is 0.137. The summed E-state index contributed by atoms with van der Waals surface area (Å²) in [5.41, 5.74) is 3.55. The van der Waals surface area contributed by atoms with Crippen LogP contribution in [0.1, 0.15) is 56.1 Å². The third-order valence-electron chi connectivity index (χ3n) is 6.32. The number of hydrogen-bond acceptors (Lipinski definition) is 1. The van der Waals surface area contributed by atoms with Gasteiger partial charge in [0, 0.05) is 16.3 Å². The van der Waals surface area contributed by atoms with Crippen molar-refractivity contribution < 1.29 is 13.2 Å². The molecule has 29 heavy (non-hydrogen) atoms. The van der Waals surface area contributed by atoms with Gasteiger partial charge >= 0.3 is 0 Å². The molecule has 1 aliphatic carbocycles. The maximum Gasteiger partial charge on any atom is 0.174 e. The topological polar surface area (TPSA) is 13.1 Å². The van der Waals surface area contributed by atoms with Crippen LogP contribution in [0, 0.1) is 11.6 Å². The standard InChI is InChI=1S/C26H24F2O/c1-2-5-16-8-10-18(11-9-16)20-13-15-22-21-14-12-19(17-6-3-4-7-17)23(27)25(21)29-26(22)24(20)28/h8-15,17H,2-7H2,1H3. The van der Waals surface area contributed by atoms with Gasteiger partial charge < -0.3 is 4.42 Å². The molecule has 0 N–H and O–H groups in total. The summed E-state index contributed by atoms with van der Waals surface area (Å²) in [5, 5.41) is 1.27. The Bertz CT molecular complexity index is 1180. The monoisotopic (exact) mass is 390 g/mol. The van der Waals surface area contributed by atoms with Gasteiger partial charge in [0.15, 0.2) is 22.8 Å². The van der Waals surface area contributed by atoms with Crippen LogP contribution in [0.4, 0.5) is 8.78 Å². The molecule has 0 atom stereocenters. The molecule has 1 nitrogen and oxygen atoms in total. The van der Waals surface area contributed by atoms with E-state index in [1.165, 1.54) is 5.56 Å². The van der Waals surface area contributed by atoms with E-state index in [0.29, 0.717) is 21.9 Å². The van der Waals surface area contributed by atoms with Crippen molar-refractivity contribution in [2.45, 2.75) is 51.4 Å². The van der Waals surface area contributed by atoms with Crippen LogP contribution in [0.2, 0.25) is 0 Å². The van der Waals surface area contributed by atoms with Gasteiger partial charge in [-0.15, -0.1) is 0 Å². The van der Waals surface area contributed by atoms with Gasteiger partial charge in [0.2, 0.25) is 0 Å². The first-order chi connectivity index (χ1) is 14.2. The lowest BCUT2D eigenvalue weighted by molar-refractivity contribution is 0.542. The number of furan rings is 1. The number of halogens is 2. The first-order valence-corrected chi connectivity index (χ1v) is 10.6. The lowest BCUT2D eigenvalue weighted by Crippen LogP contribution is -1.96. The molecule has 0 saturated heterocycles. The minimum Gasteiger partial charge on any atom is -0.450 e. The number of benzene rings is 3. The van der Waals surface area contributed by atoms with Crippen LogP contribution in [-0.2, 0) is 6.42 Å². The largest absolute Gasteiger partial charge is 0.450 e. The Labute approximate surface area is 169 Å². The zero-order chi connectivity index (χ0) is 20.0. The summed E-state index contributed by atoms with van der Waals surface area (Å²) in [6.07, 6.45) is 6.38. The molecule has 1 saturated carbocycles. The molecule has 3 heteroatoms. The van der Waals surface area contributed by atoms with Crippen molar-refractivity contribution in [3.05, 3.63) is 71.3 Å². The van der Waals surface area contributed by atoms with Crippen molar-refractivity contribution in [3.8, 4) is 11.1 Å². The molecular formula is C26H24F2O. The highest BCUT2D eigenvalue weighted by Crippen LogP contribution is 2.41. The predicted octanol–water partition coefficient (Wildman–Crippen LogP) is 8.14. The van der Waals surface area contributed by atoms with Crippen LogP contribution < -0.4 is 0 Å². The van der Waals surface area contributed by atoms with E-state index in [9.17, 15) is 0 Å². The first-order valence-electron chi connectivity index (χ1n) is 10.6. The molecule has 0 spiro atoms. The summed E-state index contributed by atoms with van der Waals surface area (Å²) in [6.45, 7) is 2.14. The van der Waals surface area contributed by atoms with Crippen LogP contribution in [0.3, 0.4) is 0 Å². The van der Waals surface area contributed by atoms with E-state index in [2.05, 4.69) is 6.92 Å². The molecule has 0 amide bonds. The number of aryl methyl sites for hydroxylation is 1. The fourth-order valence-corrected chi connectivity index (χ4v) is 4.77. The Hall–Kier alpha value is -2.68. The fraction of sp³-hybridized carbons (Fsp3) is 0.308. The molecule has 0 aliphatic heterocycles. The van der Waals surface area contributed by atoms with E-state index in [1.807, 2.05) is 42.5 Å². The van der Waals surface area contributed by atoms with Crippen LogP contribution in [-0.4, -0.2) is 0 Å². The SMILES string of the molecule is CCCc1ccc(-c2ccc3c(oc4c(F)c(C5CCCC5)ccc43)c2F)cc1. The Morgan fingerprint density at radius 3 is 2.17 bits per heavy atom. The lowest BCUT2D eigenvalue weighted by atomic mass is 9.95. The number of hydrogen-bond donors (Lipinski definition) is 0. The van der Waals surface area contributed by atoms with Crippen molar-refractivity contribution in [1.29, 1.82) is 0 Å². The molecule has 0 bridgehead atoms. The molecule has 5 rings (SSSR count). The molecule has 3 aromatic carbocycles. The van der Waals surface area contributed by atoms with Crippen molar-refractivity contribution >= 4 is 21.9 Å². The molecule has 0 radical (unpaired) electrons. The molecule has 4 aromatic rings. The molecule has 0 unspecified atom stereocenters.